The van der Waals surface area contributed by atoms with Crippen LogP contribution in [0.25, 0.3) is 0 Å². The van der Waals surface area contributed by atoms with E-state index in [1.165, 1.54) is 0 Å². The highest BCUT2D eigenvalue weighted by molar-refractivity contribution is 5.68. The number of carbonyl (C=O) groups is 1. The third-order valence-corrected chi connectivity index (χ3v) is 2.07. The third kappa shape index (κ3) is 7.51. The van der Waals surface area contributed by atoms with Crippen LogP contribution in [0, 0.1) is 0 Å². The molecule has 0 aliphatic heterocycles. The molecule has 96 valence electrons. The average molecular weight is 230 g/mol. The molecule has 0 saturated carbocycles. The fourth-order valence-electron chi connectivity index (χ4n) is 1.22. The van der Waals surface area contributed by atoms with Gasteiger partial charge in [0.1, 0.15) is 5.60 Å². The van der Waals surface area contributed by atoms with E-state index in [0.29, 0.717) is 6.54 Å². The van der Waals surface area contributed by atoms with Crippen molar-refractivity contribution >= 4 is 6.09 Å². The molecular weight excluding hydrogens is 204 g/mol. The molecule has 16 heavy (non-hydrogen) atoms. The Kier molecular flexibility index (Phi) is 7.13. The Morgan fingerprint density at radius 3 is 2.38 bits per heavy atom. The minimum Gasteiger partial charge on any atom is -0.444 e. The summed E-state index contributed by atoms with van der Waals surface area (Å²) in [6.45, 7) is 10.1. The van der Waals surface area contributed by atoms with Crippen molar-refractivity contribution in [1.82, 2.24) is 10.2 Å². The van der Waals surface area contributed by atoms with Crippen LogP contribution in [0.5, 0.6) is 0 Å². The molecule has 0 rings (SSSR count). The molecule has 0 saturated heterocycles. The number of nitrogens with zero attached hydrogens (tertiary/aromatic N) is 1. The van der Waals surface area contributed by atoms with Crippen molar-refractivity contribution in [3.8, 4) is 0 Å². The zero-order valence-electron chi connectivity index (χ0n) is 11.3. The van der Waals surface area contributed by atoms with Crippen molar-refractivity contribution in [1.29, 1.82) is 0 Å². The Morgan fingerprint density at radius 2 is 1.94 bits per heavy atom. The molecule has 0 aliphatic carbocycles. The molecular formula is C12H26N2O2. The molecule has 0 unspecified atom stereocenters. The van der Waals surface area contributed by atoms with Crippen LogP contribution in [0.3, 0.4) is 0 Å². The van der Waals surface area contributed by atoms with E-state index >= 15 is 0 Å². The lowest BCUT2D eigenvalue weighted by molar-refractivity contribution is 0.0250. The predicted octanol–water partition coefficient (Wildman–Crippen LogP) is 2.24. The zero-order valence-corrected chi connectivity index (χ0v) is 11.3. The lowest BCUT2D eigenvalue weighted by atomic mass is 10.2. The fraction of sp³-hybridized carbons (Fsp3) is 0.917. The quantitative estimate of drug-likeness (QED) is 0.761. The molecule has 4 heteroatoms. The maximum absolute atomic E-state index is 11.8. The van der Waals surface area contributed by atoms with Crippen LogP contribution in [0.15, 0.2) is 0 Å². The van der Waals surface area contributed by atoms with Crippen molar-refractivity contribution in [3.05, 3.63) is 0 Å². The standard InChI is InChI=1S/C12H26N2O2/c1-6-7-9-14(10-8-13-5)11(15)16-12(2,3)4/h13H,6-10H2,1-5H3. The summed E-state index contributed by atoms with van der Waals surface area (Å²) in [6.07, 6.45) is 1.89. The Balaban J connectivity index is 4.19. The first-order valence-electron chi connectivity index (χ1n) is 6.03. The van der Waals surface area contributed by atoms with Gasteiger partial charge in [-0.15, -0.1) is 0 Å². The van der Waals surface area contributed by atoms with Crippen molar-refractivity contribution in [2.24, 2.45) is 0 Å². The molecule has 0 aromatic carbocycles. The molecule has 0 aromatic heterocycles. The topological polar surface area (TPSA) is 41.6 Å². The Labute approximate surface area is 99.3 Å². The van der Waals surface area contributed by atoms with Gasteiger partial charge in [-0.25, -0.2) is 4.79 Å². The maximum atomic E-state index is 11.8. The number of nitrogens with one attached hydrogen (secondary N) is 1. The molecule has 0 atom stereocenters. The van der Waals surface area contributed by atoms with Gasteiger partial charge in [-0.3, -0.25) is 0 Å². The van der Waals surface area contributed by atoms with E-state index in [0.717, 1.165) is 25.9 Å². The number of hydrogen-bond acceptors (Lipinski definition) is 3. The van der Waals surface area contributed by atoms with Gasteiger partial charge in [-0.1, -0.05) is 13.3 Å². The smallest absolute Gasteiger partial charge is 0.410 e. The Morgan fingerprint density at radius 1 is 1.31 bits per heavy atom. The van der Waals surface area contributed by atoms with Gasteiger partial charge in [0.2, 0.25) is 0 Å². The summed E-state index contributed by atoms with van der Waals surface area (Å²) in [6, 6.07) is 0. The van der Waals surface area contributed by atoms with Crippen LogP contribution < -0.4 is 5.32 Å². The summed E-state index contributed by atoms with van der Waals surface area (Å²) >= 11 is 0. The number of hydrogen-bond donors (Lipinski definition) is 1. The highest BCUT2D eigenvalue weighted by Crippen LogP contribution is 2.10. The fourth-order valence-corrected chi connectivity index (χ4v) is 1.22. The summed E-state index contributed by atoms with van der Waals surface area (Å²) < 4.78 is 5.35. The van der Waals surface area contributed by atoms with E-state index in [2.05, 4.69) is 12.2 Å². The lowest BCUT2D eigenvalue weighted by Gasteiger charge is -2.27. The Bertz CT molecular complexity index is 192. The van der Waals surface area contributed by atoms with E-state index in [9.17, 15) is 4.79 Å². The molecule has 0 spiro atoms. The van der Waals surface area contributed by atoms with Crippen LogP contribution >= 0.6 is 0 Å². The number of rotatable bonds is 6. The highest BCUT2D eigenvalue weighted by atomic mass is 16.6. The number of carbonyl (C=O) groups excluding carboxylic acids is 1. The molecule has 0 bridgehead atoms. The minimum absolute atomic E-state index is 0.212. The van der Waals surface area contributed by atoms with Gasteiger partial charge in [0.15, 0.2) is 0 Å². The molecule has 0 heterocycles. The van der Waals surface area contributed by atoms with E-state index in [-0.39, 0.29) is 6.09 Å². The normalized spacial score (nSPS) is 11.3. The predicted molar refractivity (Wildman–Crippen MR) is 66.6 cm³/mol. The summed E-state index contributed by atoms with van der Waals surface area (Å²) in [4.78, 5) is 13.6. The first-order valence-corrected chi connectivity index (χ1v) is 6.03. The highest BCUT2D eigenvalue weighted by Gasteiger charge is 2.21. The molecule has 4 nitrogen and oxygen atoms in total. The van der Waals surface area contributed by atoms with Crippen LogP contribution in [-0.2, 0) is 4.74 Å². The molecule has 0 aliphatic rings. The number of ether oxygens (including phenoxy) is 1. The van der Waals surface area contributed by atoms with Gasteiger partial charge in [-0.2, -0.15) is 0 Å². The van der Waals surface area contributed by atoms with Gasteiger partial charge >= 0.3 is 6.09 Å². The van der Waals surface area contributed by atoms with Crippen LogP contribution in [0.4, 0.5) is 4.79 Å². The second-order valence-electron chi connectivity index (χ2n) is 4.92. The number of unbranched alkanes of at least 4 members (excludes halogenated alkanes) is 1. The van der Waals surface area contributed by atoms with Gasteiger partial charge in [0, 0.05) is 19.6 Å². The average Bonchev–Trinajstić information content (AvgIpc) is 2.15. The largest absolute Gasteiger partial charge is 0.444 e. The first-order chi connectivity index (χ1) is 7.40. The van der Waals surface area contributed by atoms with Crippen molar-refractivity contribution in [3.63, 3.8) is 0 Å². The van der Waals surface area contributed by atoms with E-state index < -0.39 is 5.60 Å². The van der Waals surface area contributed by atoms with Crippen molar-refractivity contribution in [2.45, 2.75) is 46.1 Å². The van der Waals surface area contributed by atoms with Crippen LogP contribution in [0.1, 0.15) is 40.5 Å². The van der Waals surface area contributed by atoms with Crippen molar-refractivity contribution < 1.29 is 9.53 Å². The van der Waals surface area contributed by atoms with Gasteiger partial charge in [-0.05, 0) is 34.2 Å². The van der Waals surface area contributed by atoms with Crippen molar-refractivity contribution in [2.75, 3.05) is 26.7 Å². The minimum atomic E-state index is -0.415. The molecule has 1 amide bonds. The van der Waals surface area contributed by atoms with Crippen LogP contribution in [-0.4, -0.2) is 43.3 Å². The summed E-state index contributed by atoms with van der Waals surface area (Å²) in [7, 11) is 1.88. The molecule has 0 fully saturated rings. The van der Waals surface area contributed by atoms with Gasteiger partial charge in [0.05, 0.1) is 0 Å². The maximum Gasteiger partial charge on any atom is 0.410 e. The second-order valence-corrected chi connectivity index (χ2v) is 4.92. The number of amides is 1. The summed E-state index contributed by atoms with van der Waals surface area (Å²) in [5.74, 6) is 0. The number of likely N-dealkylation sites (N-methyl/N-ethyl adjacent to an activating group) is 1. The summed E-state index contributed by atoms with van der Waals surface area (Å²) in [5.41, 5.74) is -0.415. The monoisotopic (exact) mass is 230 g/mol. The first kappa shape index (κ1) is 15.2. The van der Waals surface area contributed by atoms with E-state index in [1.54, 1.807) is 4.90 Å². The molecule has 0 aromatic rings. The lowest BCUT2D eigenvalue weighted by Crippen LogP contribution is -2.40. The van der Waals surface area contributed by atoms with E-state index in [1.807, 2.05) is 27.8 Å². The van der Waals surface area contributed by atoms with Gasteiger partial charge in [0.25, 0.3) is 0 Å². The Hall–Kier alpha value is -0.770. The molecule has 0 radical (unpaired) electrons. The zero-order chi connectivity index (χ0) is 12.6. The molecule has 1 N–H and O–H groups in total. The SMILES string of the molecule is CCCCN(CCNC)C(=O)OC(C)(C)C. The van der Waals surface area contributed by atoms with Crippen LogP contribution in [0.2, 0.25) is 0 Å². The van der Waals surface area contributed by atoms with Gasteiger partial charge < -0.3 is 15.0 Å². The summed E-state index contributed by atoms with van der Waals surface area (Å²) in [5, 5.41) is 3.04. The second kappa shape index (κ2) is 7.49. The third-order valence-electron chi connectivity index (χ3n) is 2.07. The van der Waals surface area contributed by atoms with E-state index in [4.69, 9.17) is 4.74 Å².